The number of esters is 1. The zero-order chi connectivity index (χ0) is 25.4. The summed E-state index contributed by atoms with van der Waals surface area (Å²) in [4.78, 5) is 39.7. The van der Waals surface area contributed by atoms with Gasteiger partial charge < -0.3 is 10.1 Å². The summed E-state index contributed by atoms with van der Waals surface area (Å²) < 4.78 is 44.8. The van der Waals surface area contributed by atoms with Gasteiger partial charge in [-0.2, -0.15) is 0 Å². The van der Waals surface area contributed by atoms with Crippen LogP contribution in [0.25, 0.3) is 0 Å². The Kier molecular flexibility index (Phi) is 8.26. The van der Waals surface area contributed by atoms with Gasteiger partial charge in [-0.05, 0) is 67.4 Å². The summed E-state index contributed by atoms with van der Waals surface area (Å²) in [7, 11) is -4.15. The summed E-state index contributed by atoms with van der Waals surface area (Å²) in [6.45, 7) is 2.10. The maximum Gasteiger partial charge on any atom is 0.356 e. The number of rotatable bonds is 9. The Hall–Kier alpha value is -4.12. The minimum Gasteiger partial charge on any atom is -0.461 e. The second-order valence-corrected chi connectivity index (χ2v) is 8.93. The second kappa shape index (κ2) is 11.3. The van der Waals surface area contributed by atoms with E-state index in [2.05, 4.69) is 10.3 Å². The summed E-state index contributed by atoms with van der Waals surface area (Å²) in [6, 6.07) is 13.5. The maximum atomic E-state index is 12.9. The number of aromatic nitrogens is 1. The summed E-state index contributed by atoms with van der Waals surface area (Å²) >= 11 is 0. The number of ether oxygens (including phenoxy) is 1. The van der Waals surface area contributed by atoms with Crippen molar-refractivity contribution in [2.75, 3.05) is 13.2 Å². The minimum atomic E-state index is -4.15. The molecule has 35 heavy (non-hydrogen) atoms. The predicted octanol–water partition coefficient (Wildman–Crippen LogP) is 2.49. The first-order valence-electron chi connectivity index (χ1n) is 10.5. The van der Waals surface area contributed by atoms with Crippen LogP contribution in [-0.4, -0.2) is 44.3 Å². The molecule has 0 radical (unpaired) electrons. The van der Waals surface area contributed by atoms with Gasteiger partial charge in [-0.15, -0.1) is 0 Å². The third kappa shape index (κ3) is 6.93. The van der Waals surface area contributed by atoms with Gasteiger partial charge in [0, 0.05) is 18.3 Å². The normalized spacial score (nSPS) is 10.9. The van der Waals surface area contributed by atoms with E-state index in [-0.39, 0.29) is 35.2 Å². The number of hydrogen-bond acceptors (Lipinski definition) is 7. The number of nitrogens with zero attached hydrogens (tertiary/aromatic N) is 1. The fourth-order valence-corrected chi connectivity index (χ4v) is 3.93. The van der Waals surface area contributed by atoms with Crippen LogP contribution in [-0.2, 0) is 21.2 Å². The lowest BCUT2D eigenvalue weighted by atomic mass is 10.1. The van der Waals surface area contributed by atoms with Crippen LogP contribution in [0.1, 0.15) is 43.7 Å². The van der Waals surface area contributed by atoms with Crippen LogP contribution in [0.5, 0.6) is 0 Å². The smallest absolute Gasteiger partial charge is 0.356 e. The van der Waals surface area contributed by atoms with Crippen LogP contribution in [0.4, 0.5) is 4.39 Å². The zero-order valence-corrected chi connectivity index (χ0v) is 19.5. The number of halogens is 1. The Morgan fingerprint density at radius 3 is 2.17 bits per heavy atom. The number of nitrogens with one attached hydrogen (secondary N) is 2. The van der Waals surface area contributed by atoms with Crippen molar-refractivity contribution in [2.45, 2.75) is 18.2 Å². The average molecular weight is 500 g/mol. The van der Waals surface area contributed by atoms with Crippen molar-refractivity contribution in [2.24, 2.45) is 0 Å². The molecule has 0 aliphatic rings. The van der Waals surface area contributed by atoms with Crippen molar-refractivity contribution >= 4 is 27.8 Å². The molecule has 0 bridgehead atoms. The highest BCUT2D eigenvalue weighted by molar-refractivity contribution is 7.90. The summed E-state index contributed by atoms with van der Waals surface area (Å²) in [6.07, 6.45) is 1.51. The van der Waals surface area contributed by atoms with Crippen LogP contribution in [0.3, 0.4) is 0 Å². The van der Waals surface area contributed by atoms with Crippen molar-refractivity contribution in [1.82, 2.24) is 15.0 Å². The Labute approximate surface area is 201 Å². The molecule has 11 heteroatoms. The molecule has 0 spiro atoms. The number of hydrogen-bond donors (Lipinski definition) is 2. The number of benzene rings is 2. The fourth-order valence-electron chi connectivity index (χ4n) is 2.95. The van der Waals surface area contributed by atoms with E-state index in [1.165, 1.54) is 48.5 Å². The molecule has 0 fully saturated rings. The van der Waals surface area contributed by atoms with E-state index >= 15 is 0 Å². The van der Waals surface area contributed by atoms with Crippen molar-refractivity contribution in [3.05, 3.63) is 95.1 Å². The Bertz CT molecular complexity index is 1310. The lowest BCUT2D eigenvalue weighted by Gasteiger charge is -2.09. The van der Waals surface area contributed by atoms with Crippen LogP contribution in [0.15, 0.2) is 71.8 Å². The van der Waals surface area contributed by atoms with Crippen molar-refractivity contribution in [3.63, 3.8) is 0 Å². The van der Waals surface area contributed by atoms with Gasteiger partial charge in [-0.25, -0.2) is 27.3 Å². The minimum absolute atomic E-state index is 0.00398. The van der Waals surface area contributed by atoms with E-state index in [0.29, 0.717) is 12.0 Å². The van der Waals surface area contributed by atoms with Crippen LogP contribution in [0.2, 0.25) is 0 Å². The highest BCUT2D eigenvalue weighted by Gasteiger charge is 2.19. The van der Waals surface area contributed by atoms with E-state index in [1.54, 1.807) is 19.1 Å². The molecule has 1 heterocycles. The van der Waals surface area contributed by atoms with Gasteiger partial charge in [0.25, 0.3) is 21.8 Å². The van der Waals surface area contributed by atoms with E-state index < -0.39 is 27.7 Å². The van der Waals surface area contributed by atoms with Crippen LogP contribution < -0.4 is 10.0 Å². The van der Waals surface area contributed by atoms with E-state index in [0.717, 1.165) is 11.8 Å². The first kappa shape index (κ1) is 25.5. The van der Waals surface area contributed by atoms with Gasteiger partial charge in [-0.3, -0.25) is 9.59 Å². The molecule has 0 unspecified atom stereocenters. The number of pyridine rings is 1. The lowest BCUT2D eigenvalue weighted by Crippen LogP contribution is -2.30. The highest BCUT2D eigenvalue weighted by atomic mass is 32.2. The van der Waals surface area contributed by atoms with Crippen molar-refractivity contribution < 1.29 is 31.9 Å². The third-order valence-electron chi connectivity index (χ3n) is 4.78. The molecular formula is C24H22FN3O6S. The van der Waals surface area contributed by atoms with E-state index in [4.69, 9.17) is 4.74 Å². The molecule has 2 N–H and O–H groups in total. The third-order valence-corrected chi connectivity index (χ3v) is 6.12. The Morgan fingerprint density at radius 2 is 1.57 bits per heavy atom. The van der Waals surface area contributed by atoms with Gasteiger partial charge in [-0.1, -0.05) is 12.1 Å². The quantitative estimate of drug-likeness (QED) is 0.433. The molecule has 2 amide bonds. The number of sulfonamides is 1. The monoisotopic (exact) mass is 499 g/mol. The number of carbonyl (C=O) groups is 3. The molecular weight excluding hydrogens is 477 g/mol. The fraction of sp³-hybridized carbons (Fsp3) is 0.167. The zero-order valence-electron chi connectivity index (χ0n) is 18.7. The first-order valence-corrected chi connectivity index (χ1v) is 12.0. The molecule has 0 atom stereocenters. The summed E-state index contributed by atoms with van der Waals surface area (Å²) in [5.41, 5.74) is 1.04. The standard InChI is InChI=1S/C24H22FN3O6S/c1-2-34-24(31)21-12-7-18(15-27-21)23(30)28-35(32,33)20-10-3-16(4-11-20)13-14-26-22(29)17-5-8-19(25)9-6-17/h3-12,15H,2,13-14H2,1H3,(H,26,29)(H,28,30). The van der Waals surface area contributed by atoms with Gasteiger partial charge in [0.15, 0.2) is 0 Å². The highest BCUT2D eigenvalue weighted by Crippen LogP contribution is 2.12. The van der Waals surface area contributed by atoms with Gasteiger partial charge in [0.1, 0.15) is 11.5 Å². The van der Waals surface area contributed by atoms with Gasteiger partial charge >= 0.3 is 5.97 Å². The van der Waals surface area contributed by atoms with Crippen LogP contribution >= 0.6 is 0 Å². The molecule has 3 rings (SSSR count). The molecule has 182 valence electrons. The predicted molar refractivity (Wildman–Crippen MR) is 124 cm³/mol. The molecule has 2 aromatic carbocycles. The topological polar surface area (TPSA) is 132 Å². The molecule has 0 saturated heterocycles. The number of carbonyl (C=O) groups excluding carboxylic acids is 3. The summed E-state index contributed by atoms with van der Waals surface area (Å²) in [5, 5.41) is 2.70. The number of amides is 2. The van der Waals surface area contributed by atoms with Crippen molar-refractivity contribution in [1.29, 1.82) is 0 Å². The van der Waals surface area contributed by atoms with E-state index in [1.807, 2.05) is 4.72 Å². The largest absolute Gasteiger partial charge is 0.461 e. The molecule has 0 aliphatic heterocycles. The molecule has 3 aromatic rings. The summed E-state index contributed by atoms with van der Waals surface area (Å²) in [5.74, 6) is -2.34. The van der Waals surface area contributed by atoms with Gasteiger partial charge in [0.2, 0.25) is 0 Å². The van der Waals surface area contributed by atoms with Crippen molar-refractivity contribution in [3.8, 4) is 0 Å². The molecule has 0 aliphatic carbocycles. The SMILES string of the molecule is CCOC(=O)c1ccc(C(=O)NS(=O)(=O)c2ccc(CCNC(=O)c3ccc(F)cc3)cc2)cn1. The molecule has 0 saturated carbocycles. The molecule has 9 nitrogen and oxygen atoms in total. The maximum absolute atomic E-state index is 12.9. The van der Waals surface area contributed by atoms with Gasteiger partial charge in [0.05, 0.1) is 17.1 Å². The lowest BCUT2D eigenvalue weighted by molar-refractivity contribution is 0.0519. The first-order chi connectivity index (χ1) is 16.7. The Morgan fingerprint density at radius 1 is 0.914 bits per heavy atom. The average Bonchev–Trinajstić information content (AvgIpc) is 2.84. The van der Waals surface area contributed by atoms with Crippen LogP contribution in [0, 0.1) is 5.82 Å². The molecule has 1 aromatic heterocycles. The van der Waals surface area contributed by atoms with E-state index in [9.17, 15) is 27.2 Å². The Balaban J connectivity index is 1.55. The second-order valence-electron chi connectivity index (χ2n) is 7.24.